The molecule has 0 N–H and O–H groups in total. The number of hydrogen-bond donors (Lipinski definition) is 0. The van der Waals surface area contributed by atoms with E-state index in [1.165, 1.54) is 36.4 Å². The first-order chi connectivity index (χ1) is 12.0. The molecule has 0 saturated heterocycles. The molecular weight excluding hydrogens is 325 g/mol. The van der Waals surface area contributed by atoms with Crippen LogP contribution in [0.1, 0.15) is 37.7 Å². The van der Waals surface area contributed by atoms with E-state index in [0.717, 1.165) is 0 Å². The lowest BCUT2D eigenvalue weighted by Gasteiger charge is -2.05. The standard InChI is InChI=1S/C19H14FNO4/c1-11-17(12(2)25-21-11)19(23)24-16-9-5-14(6-10-16)18(22)13-3-7-15(20)8-4-13/h3-10H,1-2H3. The van der Waals surface area contributed by atoms with Crippen molar-refractivity contribution in [3.63, 3.8) is 0 Å². The largest absolute Gasteiger partial charge is 0.423 e. The number of halogens is 1. The molecule has 6 heteroatoms. The summed E-state index contributed by atoms with van der Waals surface area (Å²) < 4.78 is 23.1. The average Bonchev–Trinajstić information content (AvgIpc) is 2.94. The number of hydrogen-bond acceptors (Lipinski definition) is 5. The van der Waals surface area contributed by atoms with E-state index in [9.17, 15) is 14.0 Å². The Kier molecular flexibility index (Phi) is 4.43. The van der Waals surface area contributed by atoms with Gasteiger partial charge >= 0.3 is 5.97 Å². The smallest absolute Gasteiger partial charge is 0.349 e. The highest BCUT2D eigenvalue weighted by molar-refractivity contribution is 6.09. The molecule has 2 aromatic carbocycles. The lowest BCUT2D eigenvalue weighted by atomic mass is 10.0. The van der Waals surface area contributed by atoms with E-state index in [0.29, 0.717) is 28.3 Å². The molecular formula is C19H14FNO4. The number of benzene rings is 2. The van der Waals surface area contributed by atoms with Gasteiger partial charge in [0.1, 0.15) is 22.9 Å². The fourth-order valence-electron chi connectivity index (χ4n) is 2.37. The maximum Gasteiger partial charge on any atom is 0.349 e. The second-order valence-electron chi connectivity index (χ2n) is 5.45. The maximum atomic E-state index is 12.9. The zero-order valence-corrected chi connectivity index (χ0v) is 13.6. The molecule has 0 unspecified atom stereocenters. The van der Waals surface area contributed by atoms with Crippen LogP contribution in [-0.2, 0) is 0 Å². The van der Waals surface area contributed by atoms with Gasteiger partial charge in [-0.2, -0.15) is 0 Å². The highest BCUT2D eigenvalue weighted by Gasteiger charge is 2.19. The number of rotatable bonds is 4. The van der Waals surface area contributed by atoms with Crippen LogP contribution in [0.25, 0.3) is 0 Å². The van der Waals surface area contributed by atoms with Crippen molar-refractivity contribution in [2.45, 2.75) is 13.8 Å². The zero-order chi connectivity index (χ0) is 18.0. The predicted molar refractivity (Wildman–Crippen MR) is 87.2 cm³/mol. The lowest BCUT2D eigenvalue weighted by Crippen LogP contribution is -2.10. The first kappa shape index (κ1) is 16.6. The van der Waals surface area contributed by atoms with Crippen LogP contribution in [0, 0.1) is 19.7 Å². The summed E-state index contributed by atoms with van der Waals surface area (Å²) in [6, 6.07) is 11.4. The van der Waals surface area contributed by atoms with E-state index in [-0.39, 0.29) is 11.3 Å². The van der Waals surface area contributed by atoms with Gasteiger partial charge in [-0.15, -0.1) is 0 Å². The first-order valence-corrected chi connectivity index (χ1v) is 7.51. The maximum absolute atomic E-state index is 12.9. The van der Waals surface area contributed by atoms with Crippen molar-refractivity contribution in [1.29, 1.82) is 0 Å². The first-order valence-electron chi connectivity index (χ1n) is 7.51. The summed E-state index contributed by atoms with van der Waals surface area (Å²) in [5.41, 5.74) is 1.52. The number of esters is 1. The summed E-state index contributed by atoms with van der Waals surface area (Å²) in [6.07, 6.45) is 0. The van der Waals surface area contributed by atoms with Gasteiger partial charge in [0.25, 0.3) is 0 Å². The number of ether oxygens (including phenoxy) is 1. The molecule has 0 radical (unpaired) electrons. The molecule has 0 spiro atoms. The van der Waals surface area contributed by atoms with Crippen molar-refractivity contribution in [1.82, 2.24) is 5.16 Å². The molecule has 25 heavy (non-hydrogen) atoms. The summed E-state index contributed by atoms with van der Waals surface area (Å²) in [7, 11) is 0. The van der Waals surface area contributed by atoms with Gasteiger partial charge in [-0.3, -0.25) is 4.79 Å². The zero-order valence-electron chi connectivity index (χ0n) is 13.6. The average molecular weight is 339 g/mol. The van der Waals surface area contributed by atoms with Crippen molar-refractivity contribution in [2.24, 2.45) is 0 Å². The molecule has 0 atom stereocenters. The Morgan fingerprint density at radius 2 is 1.52 bits per heavy atom. The lowest BCUT2D eigenvalue weighted by molar-refractivity contribution is 0.0732. The van der Waals surface area contributed by atoms with Crippen molar-refractivity contribution < 1.29 is 23.2 Å². The molecule has 126 valence electrons. The van der Waals surface area contributed by atoms with Gasteiger partial charge in [-0.1, -0.05) is 5.16 Å². The number of carbonyl (C=O) groups excluding carboxylic acids is 2. The Balaban J connectivity index is 1.75. The Bertz CT molecular complexity index is 908. The summed E-state index contributed by atoms with van der Waals surface area (Å²) >= 11 is 0. The fraction of sp³-hybridized carbons (Fsp3) is 0.105. The van der Waals surface area contributed by atoms with Crippen molar-refractivity contribution >= 4 is 11.8 Å². The molecule has 3 rings (SSSR count). The minimum atomic E-state index is -0.575. The van der Waals surface area contributed by atoms with Crippen LogP contribution < -0.4 is 4.74 Å². The second kappa shape index (κ2) is 6.68. The van der Waals surface area contributed by atoms with Gasteiger partial charge < -0.3 is 9.26 Å². The van der Waals surface area contributed by atoms with Gasteiger partial charge in [-0.05, 0) is 62.4 Å². The van der Waals surface area contributed by atoms with Crippen LogP contribution in [0.2, 0.25) is 0 Å². The number of aromatic nitrogens is 1. The van der Waals surface area contributed by atoms with Crippen LogP contribution >= 0.6 is 0 Å². The third-order valence-corrected chi connectivity index (χ3v) is 3.67. The van der Waals surface area contributed by atoms with Gasteiger partial charge in [0.15, 0.2) is 5.78 Å². The van der Waals surface area contributed by atoms with E-state index in [1.54, 1.807) is 26.0 Å². The normalized spacial score (nSPS) is 10.5. The van der Waals surface area contributed by atoms with E-state index in [2.05, 4.69) is 5.16 Å². The van der Waals surface area contributed by atoms with Gasteiger partial charge in [-0.25, -0.2) is 9.18 Å². The number of nitrogens with zero attached hydrogens (tertiary/aromatic N) is 1. The quantitative estimate of drug-likeness (QED) is 0.410. The van der Waals surface area contributed by atoms with Gasteiger partial charge in [0.2, 0.25) is 0 Å². The molecule has 1 heterocycles. The Hall–Kier alpha value is -3.28. The summed E-state index contributed by atoms with van der Waals surface area (Å²) in [4.78, 5) is 24.5. The van der Waals surface area contributed by atoms with E-state index >= 15 is 0 Å². The molecule has 0 amide bonds. The summed E-state index contributed by atoms with van der Waals surface area (Å²) in [6.45, 7) is 3.28. The molecule has 1 aromatic heterocycles. The van der Waals surface area contributed by atoms with Crippen LogP contribution in [0.3, 0.4) is 0 Å². The van der Waals surface area contributed by atoms with Crippen LogP contribution in [0.5, 0.6) is 5.75 Å². The number of aryl methyl sites for hydroxylation is 2. The van der Waals surface area contributed by atoms with E-state index in [4.69, 9.17) is 9.26 Å². The van der Waals surface area contributed by atoms with E-state index < -0.39 is 11.8 Å². The summed E-state index contributed by atoms with van der Waals surface area (Å²) in [5.74, 6) is -0.554. The third-order valence-electron chi connectivity index (χ3n) is 3.67. The molecule has 0 bridgehead atoms. The van der Waals surface area contributed by atoms with Gasteiger partial charge in [0.05, 0.1) is 5.69 Å². The molecule has 0 saturated carbocycles. The summed E-state index contributed by atoms with van der Waals surface area (Å²) in [5, 5.41) is 3.71. The van der Waals surface area contributed by atoms with Crippen molar-refractivity contribution in [3.8, 4) is 5.75 Å². The number of carbonyl (C=O) groups is 2. The third kappa shape index (κ3) is 3.47. The van der Waals surface area contributed by atoms with Crippen molar-refractivity contribution in [2.75, 3.05) is 0 Å². The monoisotopic (exact) mass is 339 g/mol. The highest BCUT2D eigenvalue weighted by atomic mass is 19.1. The molecule has 3 aromatic rings. The minimum absolute atomic E-state index is 0.247. The molecule has 0 fully saturated rings. The molecule has 0 aliphatic heterocycles. The predicted octanol–water partition coefficient (Wildman–Crippen LogP) is 3.88. The minimum Gasteiger partial charge on any atom is -0.423 e. The van der Waals surface area contributed by atoms with E-state index in [1.807, 2.05) is 0 Å². The second-order valence-corrected chi connectivity index (χ2v) is 5.45. The van der Waals surface area contributed by atoms with Gasteiger partial charge in [0, 0.05) is 11.1 Å². The number of ketones is 1. The topological polar surface area (TPSA) is 69.4 Å². The SMILES string of the molecule is Cc1noc(C)c1C(=O)Oc1ccc(C(=O)c2ccc(F)cc2)cc1. The fourth-order valence-corrected chi connectivity index (χ4v) is 2.37. The van der Waals surface area contributed by atoms with Crippen LogP contribution in [0.15, 0.2) is 53.1 Å². The molecule has 0 aliphatic carbocycles. The van der Waals surface area contributed by atoms with Crippen LogP contribution in [0.4, 0.5) is 4.39 Å². The Labute approximate surface area is 143 Å². The highest BCUT2D eigenvalue weighted by Crippen LogP contribution is 2.19. The Morgan fingerprint density at radius 1 is 0.960 bits per heavy atom. The Morgan fingerprint density at radius 3 is 2.04 bits per heavy atom. The molecule has 0 aliphatic rings. The molecule has 5 nitrogen and oxygen atoms in total. The van der Waals surface area contributed by atoms with Crippen LogP contribution in [-0.4, -0.2) is 16.9 Å². The van der Waals surface area contributed by atoms with Crippen molar-refractivity contribution in [3.05, 3.63) is 82.5 Å².